The lowest BCUT2D eigenvalue weighted by atomic mass is 10.0. The molecular weight excluding hydrogens is 262 g/mol. The lowest BCUT2D eigenvalue weighted by molar-refractivity contribution is 0.282. The Morgan fingerprint density at radius 2 is 1.53 bits per heavy atom. The van der Waals surface area contributed by atoms with Crippen LogP contribution in [-0.2, 0) is 6.61 Å². The minimum atomic E-state index is -0.312. The zero-order valence-electron chi connectivity index (χ0n) is 8.75. The summed E-state index contributed by atoms with van der Waals surface area (Å²) in [4.78, 5) is 0. The van der Waals surface area contributed by atoms with Crippen LogP contribution in [0, 0.1) is 5.82 Å². The minimum absolute atomic E-state index is 0.122. The molecule has 0 amide bonds. The van der Waals surface area contributed by atoms with Crippen molar-refractivity contribution >= 4 is 23.2 Å². The number of hydrogen-bond acceptors (Lipinski definition) is 1. The van der Waals surface area contributed by atoms with Gasteiger partial charge >= 0.3 is 0 Å². The van der Waals surface area contributed by atoms with Gasteiger partial charge in [0.05, 0.1) is 16.7 Å². The Bertz CT molecular complexity index is 515. The maximum absolute atomic E-state index is 12.8. The molecule has 2 aromatic rings. The van der Waals surface area contributed by atoms with Crippen molar-refractivity contribution in [3.63, 3.8) is 0 Å². The molecule has 0 heterocycles. The van der Waals surface area contributed by atoms with Crippen molar-refractivity contribution in [2.75, 3.05) is 0 Å². The molecule has 0 aromatic heterocycles. The van der Waals surface area contributed by atoms with Crippen molar-refractivity contribution in [2.45, 2.75) is 6.61 Å². The first-order chi connectivity index (χ1) is 8.11. The molecule has 0 aliphatic rings. The Hall–Kier alpha value is -1.09. The van der Waals surface area contributed by atoms with Crippen LogP contribution in [0.3, 0.4) is 0 Å². The number of halogens is 3. The lowest BCUT2D eigenvalue weighted by Gasteiger charge is -2.09. The summed E-state index contributed by atoms with van der Waals surface area (Å²) in [7, 11) is 0. The first-order valence-corrected chi connectivity index (χ1v) is 5.72. The molecule has 0 saturated heterocycles. The normalized spacial score (nSPS) is 10.6. The van der Waals surface area contributed by atoms with Gasteiger partial charge in [0.2, 0.25) is 0 Å². The van der Waals surface area contributed by atoms with Gasteiger partial charge in [0, 0.05) is 5.56 Å². The van der Waals surface area contributed by atoms with Crippen molar-refractivity contribution in [3.8, 4) is 11.1 Å². The molecule has 2 aromatic carbocycles. The molecule has 0 unspecified atom stereocenters. The molecular formula is C13H9Cl2FO. The van der Waals surface area contributed by atoms with E-state index in [4.69, 9.17) is 28.3 Å². The van der Waals surface area contributed by atoms with Crippen molar-refractivity contribution in [1.29, 1.82) is 0 Å². The first kappa shape index (κ1) is 12.4. The van der Waals surface area contributed by atoms with Crippen LogP contribution in [0.25, 0.3) is 11.1 Å². The summed E-state index contributed by atoms with van der Waals surface area (Å²) in [5.74, 6) is -0.312. The summed E-state index contributed by atoms with van der Waals surface area (Å²) in [5, 5.41) is 9.89. The third kappa shape index (κ3) is 2.60. The minimum Gasteiger partial charge on any atom is -0.392 e. The van der Waals surface area contributed by atoms with Crippen LogP contribution in [-0.4, -0.2) is 5.11 Å². The smallest absolute Gasteiger partial charge is 0.123 e. The summed E-state index contributed by atoms with van der Waals surface area (Å²) in [6.07, 6.45) is 0. The Balaban J connectivity index is 2.55. The number of rotatable bonds is 2. The van der Waals surface area contributed by atoms with E-state index in [1.54, 1.807) is 24.3 Å². The van der Waals surface area contributed by atoms with E-state index in [0.29, 0.717) is 21.2 Å². The van der Waals surface area contributed by atoms with E-state index in [9.17, 15) is 4.39 Å². The average Bonchev–Trinajstić information content (AvgIpc) is 2.30. The number of aliphatic hydroxyl groups is 1. The molecule has 0 bridgehead atoms. The Morgan fingerprint density at radius 1 is 1.00 bits per heavy atom. The van der Waals surface area contributed by atoms with Crippen LogP contribution in [0.5, 0.6) is 0 Å². The monoisotopic (exact) mass is 270 g/mol. The molecule has 0 saturated carbocycles. The van der Waals surface area contributed by atoms with E-state index in [-0.39, 0.29) is 12.4 Å². The molecule has 17 heavy (non-hydrogen) atoms. The molecule has 4 heteroatoms. The molecule has 0 spiro atoms. The Kier molecular flexibility index (Phi) is 3.67. The molecule has 88 valence electrons. The highest BCUT2D eigenvalue weighted by Crippen LogP contribution is 2.35. The van der Waals surface area contributed by atoms with Gasteiger partial charge in [-0.3, -0.25) is 0 Å². The molecule has 1 nitrogen and oxygen atoms in total. The van der Waals surface area contributed by atoms with E-state index in [1.165, 1.54) is 12.1 Å². The second-order valence-corrected chi connectivity index (χ2v) is 4.41. The highest BCUT2D eigenvalue weighted by Gasteiger charge is 2.10. The second-order valence-electron chi connectivity index (χ2n) is 3.60. The van der Waals surface area contributed by atoms with E-state index in [2.05, 4.69) is 0 Å². The zero-order valence-corrected chi connectivity index (χ0v) is 10.3. The molecule has 2 rings (SSSR count). The molecule has 0 aliphatic heterocycles. The van der Waals surface area contributed by atoms with Crippen LogP contribution in [0.15, 0.2) is 36.4 Å². The van der Waals surface area contributed by atoms with Crippen molar-refractivity contribution in [1.82, 2.24) is 0 Å². The lowest BCUT2D eigenvalue weighted by Crippen LogP contribution is -1.88. The summed E-state index contributed by atoms with van der Waals surface area (Å²) >= 11 is 12.2. The van der Waals surface area contributed by atoms with Crippen molar-refractivity contribution < 1.29 is 9.50 Å². The SMILES string of the molecule is OCc1cc(Cl)c(-c2ccc(F)cc2)c(Cl)c1. The molecule has 0 radical (unpaired) electrons. The van der Waals surface area contributed by atoms with E-state index >= 15 is 0 Å². The third-order valence-corrected chi connectivity index (χ3v) is 3.01. The van der Waals surface area contributed by atoms with E-state index < -0.39 is 0 Å². The Morgan fingerprint density at radius 3 is 2.00 bits per heavy atom. The number of benzene rings is 2. The van der Waals surface area contributed by atoms with Gasteiger partial charge in [-0.25, -0.2) is 4.39 Å². The standard InChI is InChI=1S/C13H9Cl2FO/c14-11-5-8(7-17)6-12(15)13(11)9-1-3-10(16)4-2-9/h1-6,17H,7H2. The third-order valence-electron chi connectivity index (χ3n) is 2.42. The second kappa shape index (κ2) is 5.05. The van der Waals surface area contributed by atoms with Crippen molar-refractivity contribution in [3.05, 3.63) is 57.8 Å². The van der Waals surface area contributed by atoms with Gasteiger partial charge < -0.3 is 5.11 Å². The largest absolute Gasteiger partial charge is 0.392 e. The predicted octanol–water partition coefficient (Wildman–Crippen LogP) is 4.29. The average molecular weight is 271 g/mol. The number of aliphatic hydroxyl groups excluding tert-OH is 1. The topological polar surface area (TPSA) is 20.2 Å². The van der Waals surface area contributed by atoms with Crippen LogP contribution in [0.2, 0.25) is 10.0 Å². The Labute approximate surface area is 108 Å². The fourth-order valence-corrected chi connectivity index (χ4v) is 2.36. The van der Waals surface area contributed by atoms with Crippen LogP contribution in [0.4, 0.5) is 4.39 Å². The van der Waals surface area contributed by atoms with Gasteiger partial charge in [0.15, 0.2) is 0 Å². The maximum atomic E-state index is 12.8. The van der Waals surface area contributed by atoms with Gasteiger partial charge in [-0.2, -0.15) is 0 Å². The van der Waals surface area contributed by atoms with Gasteiger partial charge in [0.1, 0.15) is 5.82 Å². The van der Waals surface area contributed by atoms with Crippen molar-refractivity contribution in [2.24, 2.45) is 0 Å². The van der Waals surface area contributed by atoms with E-state index in [0.717, 1.165) is 5.56 Å². The summed E-state index contributed by atoms with van der Waals surface area (Å²) in [6.45, 7) is -0.122. The summed E-state index contributed by atoms with van der Waals surface area (Å²) in [5.41, 5.74) is 2.03. The fraction of sp³-hybridized carbons (Fsp3) is 0.0769. The van der Waals surface area contributed by atoms with Gasteiger partial charge in [-0.15, -0.1) is 0 Å². The molecule has 0 atom stereocenters. The highest BCUT2D eigenvalue weighted by molar-refractivity contribution is 6.39. The predicted molar refractivity (Wildman–Crippen MR) is 67.8 cm³/mol. The highest BCUT2D eigenvalue weighted by atomic mass is 35.5. The fourth-order valence-electron chi connectivity index (χ4n) is 1.61. The zero-order chi connectivity index (χ0) is 12.4. The van der Waals surface area contributed by atoms with Gasteiger partial charge in [-0.1, -0.05) is 35.3 Å². The van der Waals surface area contributed by atoms with Gasteiger partial charge in [0.25, 0.3) is 0 Å². The molecule has 0 fully saturated rings. The number of hydrogen-bond donors (Lipinski definition) is 1. The summed E-state index contributed by atoms with van der Waals surface area (Å²) < 4.78 is 12.8. The quantitative estimate of drug-likeness (QED) is 0.863. The van der Waals surface area contributed by atoms with E-state index in [1.807, 2.05) is 0 Å². The van der Waals surface area contributed by atoms with Crippen LogP contribution >= 0.6 is 23.2 Å². The van der Waals surface area contributed by atoms with Crippen LogP contribution in [0.1, 0.15) is 5.56 Å². The maximum Gasteiger partial charge on any atom is 0.123 e. The molecule has 0 aliphatic carbocycles. The first-order valence-electron chi connectivity index (χ1n) is 4.96. The van der Waals surface area contributed by atoms with Gasteiger partial charge in [-0.05, 0) is 35.4 Å². The summed E-state index contributed by atoms with van der Waals surface area (Å²) in [6, 6.07) is 9.21. The van der Waals surface area contributed by atoms with Crippen LogP contribution < -0.4 is 0 Å². The molecule has 1 N–H and O–H groups in total.